The Hall–Kier alpha value is -3.22. The first-order valence-electron chi connectivity index (χ1n) is 9.15. The van der Waals surface area contributed by atoms with E-state index in [1.165, 1.54) is 5.56 Å². The van der Waals surface area contributed by atoms with Crippen LogP contribution in [0.15, 0.2) is 54.9 Å². The van der Waals surface area contributed by atoms with Crippen LogP contribution in [-0.4, -0.2) is 39.0 Å². The Kier molecular flexibility index (Phi) is 4.82. The van der Waals surface area contributed by atoms with Crippen LogP contribution in [-0.2, 0) is 4.79 Å². The van der Waals surface area contributed by atoms with Crippen LogP contribution in [0.3, 0.4) is 0 Å². The van der Waals surface area contributed by atoms with Crippen LogP contribution in [0.4, 0.5) is 11.5 Å². The number of amides is 1. The van der Waals surface area contributed by atoms with E-state index in [1.807, 2.05) is 55.6 Å². The van der Waals surface area contributed by atoms with Gasteiger partial charge in [-0.05, 0) is 50.1 Å². The highest BCUT2D eigenvalue weighted by Gasteiger charge is 2.26. The van der Waals surface area contributed by atoms with E-state index in [1.54, 1.807) is 10.9 Å². The van der Waals surface area contributed by atoms with Gasteiger partial charge in [-0.1, -0.05) is 17.7 Å². The van der Waals surface area contributed by atoms with Crippen molar-refractivity contribution in [2.75, 3.05) is 23.3 Å². The van der Waals surface area contributed by atoms with Crippen LogP contribution in [0.25, 0.3) is 5.82 Å². The van der Waals surface area contributed by atoms with Gasteiger partial charge in [-0.3, -0.25) is 4.79 Å². The van der Waals surface area contributed by atoms with E-state index in [9.17, 15) is 4.79 Å². The van der Waals surface area contributed by atoms with Gasteiger partial charge in [-0.25, -0.2) is 4.68 Å². The van der Waals surface area contributed by atoms with Crippen molar-refractivity contribution in [1.82, 2.24) is 20.0 Å². The molecule has 1 unspecified atom stereocenters. The largest absolute Gasteiger partial charge is 0.354 e. The molecule has 1 aliphatic rings. The number of anilines is 2. The van der Waals surface area contributed by atoms with E-state index < -0.39 is 0 Å². The molecular weight excluding hydrogens is 340 g/mol. The molecule has 1 amide bonds. The molecule has 0 saturated carbocycles. The maximum absolute atomic E-state index is 12.7. The summed E-state index contributed by atoms with van der Waals surface area (Å²) in [6.45, 7) is 3.56. The number of hydrogen-bond acceptors (Lipinski definition) is 5. The van der Waals surface area contributed by atoms with Gasteiger partial charge < -0.3 is 10.2 Å². The molecule has 1 saturated heterocycles. The average Bonchev–Trinajstić information content (AvgIpc) is 3.25. The van der Waals surface area contributed by atoms with Crippen LogP contribution in [0, 0.1) is 12.8 Å². The molecule has 1 fully saturated rings. The quantitative estimate of drug-likeness (QED) is 0.772. The number of nitrogens with zero attached hydrogens (tertiary/aromatic N) is 5. The van der Waals surface area contributed by atoms with Crippen LogP contribution in [0.2, 0.25) is 0 Å². The summed E-state index contributed by atoms with van der Waals surface area (Å²) in [5.41, 5.74) is 2.01. The van der Waals surface area contributed by atoms with E-state index in [4.69, 9.17) is 0 Å². The molecule has 1 N–H and O–H groups in total. The summed E-state index contributed by atoms with van der Waals surface area (Å²) in [5.74, 6) is 1.46. The number of carbonyl (C=O) groups excluding carboxylic acids is 1. The van der Waals surface area contributed by atoms with Gasteiger partial charge in [0.05, 0.1) is 5.92 Å². The smallest absolute Gasteiger partial charge is 0.229 e. The SMILES string of the molecule is Cc1ccc(NC(=O)C2CCCN(c3ccc(-n4cccn4)nn3)C2)cc1. The van der Waals surface area contributed by atoms with Crippen molar-refractivity contribution in [2.24, 2.45) is 5.92 Å². The van der Waals surface area contributed by atoms with Gasteiger partial charge in [0.15, 0.2) is 11.6 Å². The number of nitrogens with one attached hydrogen (secondary N) is 1. The number of aryl methyl sites for hydroxylation is 1. The number of benzene rings is 1. The van der Waals surface area contributed by atoms with Gasteiger partial charge in [0.25, 0.3) is 0 Å². The summed E-state index contributed by atoms with van der Waals surface area (Å²) in [5, 5.41) is 15.8. The Morgan fingerprint density at radius 2 is 1.89 bits per heavy atom. The second kappa shape index (κ2) is 7.57. The molecule has 2 aromatic heterocycles. The van der Waals surface area contributed by atoms with Crippen molar-refractivity contribution in [2.45, 2.75) is 19.8 Å². The fourth-order valence-corrected chi connectivity index (χ4v) is 3.29. The summed E-state index contributed by atoms with van der Waals surface area (Å²) < 4.78 is 1.67. The molecule has 7 heteroatoms. The van der Waals surface area contributed by atoms with E-state index in [0.29, 0.717) is 12.4 Å². The van der Waals surface area contributed by atoms with Crippen molar-refractivity contribution in [1.29, 1.82) is 0 Å². The average molecular weight is 362 g/mol. The fraction of sp³-hybridized carbons (Fsp3) is 0.300. The highest BCUT2D eigenvalue weighted by Crippen LogP contribution is 2.23. The highest BCUT2D eigenvalue weighted by atomic mass is 16.1. The summed E-state index contributed by atoms with van der Waals surface area (Å²) in [6, 6.07) is 13.5. The zero-order valence-electron chi connectivity index (χ0n) is 15.2. The molecule has 0 spiro atoms. The van der Waals surface area contributed by atoms with E-state index >= 15 is 0 Å². The molecule has 1 aliphatic heterocycles. The van der Waals surface area contributed by atoms with Gasteiger partial charge in [0, 0.05) is 31.2 Å². The van der Waals surface area contributed by atoms with Crippen LogP contribution >= 0.6 is 0 Å². The second-order valence-electron chi connectivity index (χ2n) is 6.84. The Balaban J connectivity index is 1.41. The molecule has 0 aliphatic carbocycles. The van der Waals surface area contributed by atoms with E-state index in [0.717, 1.165) is 30.9 Å². The zero-order valence-corrected chi connectivity index (χ0v) is 15.2. The molecule has 1 atom stereocenters. The molecule has 3 aromatic rings. The predicted octanol–water partition coefficient (Wildman–Crippen LogP) is 2.83. The number of aromatic nitrogens is 4. The first-order chi connectivity index (χ1) is 13.2. The maximum Gasteiger partial charge on any atom is 0.229 e. The standard InChI is InChI=1S/C20H22N6O/c1-15-5-7-17(8-6-15)22-20(27)16-4-2-12-25(14-16)18-9-10-19(24-23-18)26-13-3-11-21-26/h3,5-11,13,16H,2,4,12,14H2,1H3,(H,22,27). The molecule has 27 heavy (non-hydrogen) atoms. The molecule has 1 aromatic carbocycles. The first-order valence-corrected chi connectivity index (χ1v) is 9.15. The maximum atomic E-state index is 12.7. The summed E-state index contributed by atoms with van der Waals surface area (Å²) in [7, 11) is 0. The predicted molar refractivity (Wildman–Crippen MR) is 104 cm³/mol. The Bertz CT molecular complexity index is 889. The van der Waals surface area contributed by atoms with E-state index in [2.05, 4.69) is 25.5 Å². The molecule has 0 bridgehead atoms. The van der Waals surface area contributed by atoms with Gasteiger partial charge in [-0.15, -0.1) is 10.2 Å². The molecule has 7 nitrogen and oxygen atoms in total. The fourth-order valence-electron chi connectivity index (χ4n) is 3.29. The number of rotatable bonds is 4. The third kappa shape index (κ3) is 3.97. The summed E-state index contributed by atoms with van der Waals surface area (Å²) in [4.78, 5) is 14.8. The van der Waals surface area contributed by atoms with Crippen molar-refractivity contribution in [3.8, 4) is 5.82 Å². The van der Waals surface area contributed by atoms with Gasteiger partial charge in [0.1, 0.15) is 0 Å². The lowest BCUT2D eigenvalue weighted by Crippen LogP contribution is -2.41. The lowest BCUT2D eigenvalue weighted by molar-refractivity contribution is -0.120. The van der Waals surface area contributed by atoms with Crippen LogP contribution in [0.5, 0.6) is 0 Å². The highest BCUT2D eigenvalue weighted by molar-refractivity contribution is 5.93. The van der Waals surface area contributed by atoms with Gasteiger partial charge in [0.2, 0.25) is 5.91 Å². The Morgan fingerprint density at radius 1 is 1.11 bits per heavy atom. The van der Waals surface area contributed by atoms with Gasteiger partial charge in [-0.2, -0.15) is 5.10 Å². The topological polar surface area (TPSA) is 75.9 Å². The number of carbonyl (C=O) groups is 1. The third-order valence-electron chi connectivity index (χ3n) is 4.81. The molecular formula is C20H22N6O. The lowest BCUT2D eigenvalue weighted by Gasteiger charge is -2.32. The van der Waals surface area contributed by atoms with Crippen LogP contribution < -0.4 is 10.2 Å². The summed E-state index contributed by atoms with van der Waals surface area (Å²) >= 11 is 0. The molecule has 4 rings (SSSR count). The normalized spacial score (nSPS) is 16.9. The molecule has 3 heterocycles. The second-order valence-corrected chi connectivity index (χ2v) is 6.84. The van der Waals surface area contributed by atoms with Crippen LogP contribution in [0.1, 0.15) is 18.4 Å². The minimum absolute atomic E-state index is 0.0599. The minimum Gasteiger partial charge on any atom is -0.354 e. The monoisotopic (exact) mass is 362 g/mol. The minimum atomic E-state index is -0.0624. The van der Waals surface area contributed by atoms with Crippen molar-refractivity contribution < 1.29 is 4.79 Å². The Labute approximate surface area is 158 Å². The first kappa shape index (κ1) is 17.2. The number of hydrogen-bond donors (Lipinski definition) is 1. The van der Waals surface area contributed by atoms with Crippen molar-refractivity contribution in [3.05, 3.63) is 60.4 Å². The van der Waals surface area contributed by atoms with Crippen molar-refractivity contribution in [3.63, 3.8) is 0 Å². The molecule has 138 valence electrons. The zero-order chi connectivity index (χ0) is 18.6. The third-order valence-corrected chi connectivity index (χ3v) is 4.81. The molecule has 0 radical (unpaired) electrons. The Morgan fingerprint density at radius 3 is 2.59 bits per heavy atom. The number of piperidine rings is 1. The van der Waals surface area contributed by atoms with E-state index in [-0.39, 0.29) is 11.8 Å². The lowest BCUT2D eigenvalue weighted by atomic mass is 9.97. The van der Waals surface area contributed by atoms with Crippen molar-refractivity contribution >= 4 is 17.4 Å². The van der Waals surface area contributed by atoms with Gasteiger partial charge >= 0.3 is 0 Å². The summed E-state index contributed by atoms with van der Waals surface area (Å²) in [6.07, 6.45) is 5.37.